The number of nitro groups is 1. The summed E-state index contributed by atoms with van der Waals surface area (Å²) >= 11 is 0. The van der Waals surface area contributed by atoms with Crippen LogP contribution in [0, 0.1) is 10.1 Å². The van der Waals surface area contributed by atoms with Crippen LogP contribution in [0.5, 0.6) is 0 Å². The molecule has 8 heteroatoms. The van der Waals surface area contributed by atoms with E-state index >= 15 is 0 Å². The van der Waals surface area contributed by atoms with Crippen LogP contribution in [0.25, 0.3) is 0 Å². The van der Waals surface area contributed by atoms with Crippen molar-refractivity contribution in [3.8, 4) is 0 Å². The Balaban J connectivity index is 2.08. The molecule has 0 aliphatic rings. The molecule has 4 N–H and O–H groups in total. The summed E-state index contributed by atoms with van der Waals surface area (Å²) in [5, 5.41) is 13.1. The number of carbonyl (C=O) groups is 1. The van der Waals surface area contributed by atoms with Crippen LogP contribution in [0.2, 0.25) is 0 Å². The molecule has 0 spiro atoms. The molecule has 0 radical (unpaired) electrons. The lowest BCUT2D eigenvalue weighted by atomic mass is 10.2. The van der Waals surface area contributed by atoms with Gasteiger partial charge in [-0.1, -0.05) is 0 Å². The number of nitrogens with zero attached hydrogens (tertiary/aromatic N) is 2. The van der Waals surface area contributed by atoms with Crippen molar-refractivity contribution in [2.75, 3.05) is 10.7 Å². The summed E-state index contributed by atoms with van der Waals surface area (Å²) in [6.07, 6.45) is 1.42. The maximum absolute atomic E-state index is 11.9. The highest BCUT2D eigenvalue weighted by Crippen LogP contribution is 2.16. The van der Waals surface area contributed by atoms with Crippen LogP contribution in [-0.4, -0.2) is 15.8 Å². The first-order valence-electron chi connectivity index (χ1n) is 5.58. The van der Waals surface area contributed by atoms with Crippen LogP contribution >= 0.6 is 0 Å². The first kappa shape index (κ1) is 13.4. The molecule has 0 aliphatic carbocycles. The summed E-state index contributed by atoms with van der Waals surface area (Å²) in [5.41, 5.74) is 3.60. The second-order valence-electron chi connectivity index (χ2n) is 3.83. The molecule has 0 fully saturated rings. The predicted octanol–water partition coefficient (Wildman–Crippen LogP) is 1.53. The fourth-order valence-electron chi connectivity index (χ4n) is 1.48. The molecule has 0 bridgehead atoms. The van der Waals surface area contributed by atoms with Gasteiger partial charge in [-0.05, 0) is 24.3 Å². The van der Waals surface area contributed by atoms with E-state index in [9.17, 15) is 14.9 Å². The van der Waals surface area contributed by atoms with E-state index in [0.717, 1.165) is 0 Å². The monoisotopic (exact) mass is 273 g/mol. The summed E-state index contributed by atoms with van der Waals surface area (Å²) in [6.45, 7) is 0. The van der Waals surface area contributed by atoms with Gasteiger partial charge >= 0.3 is 0 Å². The van der Waals surface area contributed by atoms with Gasteiger partial charge in [-0.3, -0.25) is 20.8 Å². The third kappa shape index (κ3) is 3.06. The van der Waals surface area contributed by atoms with Gasteiger partial charge in [0.05, 0.1) is 16.8 Å². The van der Waals surface area contributed by atoms with Crippen LogP contribution in [0.3, 0.4) is 0 Å². The third-order valence-electron chi connectivity index (χ3n) is 2.50. The lowest BCUT2D eigenvalue weighted by molar-refractivity contribution is -0.384. The number of aromatic nitrogens is 1. The van der Waals surface area contributed by atoms with E-state index < -0.39 is 10.8 Å². The normalized spacial score (nSPS) is 9.85. The first-order valence-corrected chi connectivity index (χ1v) is 5.58. The SMILES string of the molecule is NNc1ccc(C(=O)Nc2ccc([N+](=O)[O-])cc2)nc1. The van der Waals surface area contributed by atoms with Crippen LogP contribution in [0.1, 0.15) is 10.5 Å². The van der Waals surface area contributed by atoms with E-state index in [0.29, 0.717) is 11.4 Å². The van der Waals surface area contributed by atoms with E-state index in [1.807, 2.05) is 0 Å². The van der Waals surface area contributed by atoms with Crippen molar-refractivity contribution in [1.29, 1.82) is 0 Å². The molecule has 0 unspecified atom stereocenters. The van der Waals surface area contributed by atoms with Gasteiger partial charge in [0.1, 0.15) is 5.69 Å². The molecule has 1 aromatic carbocycles. The van der Waals surface area contributed by atoms with Crippen molar-refractivity contribution in [3.05, 3.63) is 58.4 Å². The van der Waals surface area contributed by atoms with Gasteiger partial charge in [-0.2, -0.15) is 0 Å². The predicted molar refractivity (Wildman–Crippen MR) is 73.1 cm³/mol. The molecule has 0 saturated heterocycles. The van der Waals surface area contributed by atoms with E-state index in [-0.39, 0.29) is 11.4 Å². The van der Waals surface area contributed by atoms with E-state index in [2.05, 4.69) is 15.7 Å². The minimum atomic E-state index is -0.508. The Morgan fingerprint density at radius 3 is 2.30 bits per heavy atom. The number of hydrazine groups is 1. The van der Waals surface area contributed by atoms with Crippen LogP contribution in [0.4, 0.5) is 17.1 Å². The maximum Gasteiger partial charge on any atom is 0.274 e. The Kier molecular flexibility index (Phi) is 3.87. The zero-order valence-electron chi connectivity index (χ0n) is 10.2. The number of nitrogens with one attached hydrogen (secondary N) is 2. The van der Waals surface area contributed by atoms with E-state index in [1.165, 1.54) is 36.5 Å². The second-order valence-corrected chi connectivity index (χ2v) is 3.83. The number of hydrogen-bond acceptors (Lipinski definition) is 6. The van der Waals surface area contributed by atoms with Crippen molar-refractivity contribution >= 4 is 23.0 Å². The summed E-state index contributed by atoms with van der Waals surface area (Å²) < 4.78 is 0. The summed E-state index contributed by atoms with van der Waals surface area (Å²) in [6, 6.07) is 8.64. The van der Waals surface area contributed by atoms with Gasteiger partial charge in [-0.25, -0.2) is 4.98 Å². The molecule has 0 atom stereocenters. The van der Waals surface area contributed by atoms with Gasteiger partial charge in [-0.15, -0.1) is 0 Å². The maximum atomic E-state index is 11.9. The molecular formula is C12H11N5O3. The Morgan fingerprint density at radius 2 is 1.80 bits per heavy atom. The molecule has 102 valence electrons. The number of carbonyl (C=O) groups excluding carboxylic acids is 1. The second kappa shape index (κ2) is 5.76. The lowest BCUT2D eigenvalue weighted by Crippen LogP contribution is -2.14. The number of rotatable bonds is 4. The number of nitrogens with two attached hydrogens (primary N) is 1. The van der Waals surface area contributed by atoms with Crippen molar-refractivity contribution in [3.63, 3.8) is 0 Å². The first-order chi connectivity index (χ1) is 9.60. The fraction of sp³-hybridized carbons (Fsp3) is 0. The van der Waals surface area contributed by atoms with E-state index in [1.54, 1.807) is 6.07 Å². The number of non-ortho nitro benzene ring substituents is 1. The number of amides is 1. The number of hydrogen-bond donors (Lipinski definition) is 3. The quantitative estimate of drug-likeness (QED) is 0.441. The minimum Gasteiger partial charge on any atom is -0.323 e. The summed E-state index contributed by atoms with van der Waals surface area (Å²) in [4.78, 5) is 25.8. The number of benzene rings is 1. The molecule has 20 heavy (non-hydrogen) atoms. The van der Waals surface area contributed by atoms with Gasteiger partial charge in [0.2, 0.25) is 0 Å². The van der Waals surface area contributed by atoms with E-state index in [4.69, 9.17) is 5.84 Å². The van der Waals surface area contributed by atoms with Gasteiger partial charge < -0.3 is 10.7 Å². The van der Waals surface area contributed by atoms with Gasteiger partial charge in [0.25, 0.3) is 11.6 Å². The Hall–Kier alpha value is -3.00. The van der Waals surface area contributed by atoms with Crippen molar-refractivity contribution < 1.29 is 9.72 Å². The highest BCUT2D eigenvalue weighted by Gasteiger charge is 2.09. The third-order valence-corrected chi connectivity index (χ3v) is 2.50. The molecule has 2 aromatic rings. The molecule has 2 rings (SSSR count). The smallest absolute Gasteiger partial charge is 0.274 e. The van der Waals surface area contributed by atoms with Crippen LogP contribution < -0.4 is 16.6 Å². The van der Waals surface area contributed by atoms with Crippen LogP contribution in [0.15, 0.2) is 42.6 Å². The molecular weight excluding hydrogens is 262 g/mol. The Morgan fingerprint density at radius 1 is 1.15 bits per heavy atom. The summed E-state index contributed by atoms with van der Waals surface area (Å²) in [5.74, 6) is 4.78. The number of nitrogen functional groups attached to an aromatic ring is 1. The number of pyridine rings is 1. The molecule has 1 amide bonds. The average molecular weight is 273 g/mol. The standard InChI is InChI=1S/C12H11N5O3/c13-16-9-3-6-11(14-7-9)12(18)15-8-1-4-10(5-2-8)17(19)20/h1-7,16H,13H2,(H,15,18). The van der Waals surface area contributed by atoms with Crippen molar-refractivity contribution in [2.45, 2.75) is 0 Å². The van der Waals surface area contributed by atoms with Crippen molar-refractivity contribution in [2.24, 2.45) is 5.84 Å². The fourth-order valence-corrected chi connectivity index (χ4v) is 1.48. The molecule has 1 aromatic heterocycles. The zero-order chi connectivity index (χ0) is 14.5. The average Bonchev–Trinajstić information content (AvgIpc) is 2.48. The minimum absolute atomic E-state index is 0.0421. The number of nitro benzene ring substituents is 1. The highest BCUT2D eigenvalue weighted by molar-refractivity contribution is 6.02. The molecule has 1 heterocycles. The largest absolute Gasteiger partial charge is 0.323 e. The van der Waals surface area contributed by atoms with Crippen LogP contribution in [-0.2, 0) is 0 Å². The molecule has 0 aliphatic heterocycles. The highest BCUT2D eigenvalue weighted by atomic mass is 16.6. The Bertz CT molecular complexity index is 625. The van der Waals surface area contributed by atoms with Gasteiger partial charge in [0, 0.05) is 17.8 Å². The topological polar surface area (TPSA) is 123 Å². The Labute approximate surface area is 113 Å². The molecule has 8 nitrogen and oxygen atoms in total. The summed E-state index contributed by atoms with van der Waals surface area (Å²) in [7, 11) is 0. The molecule has 0 saturated carbocycles. The van der Waals surface area contributed by atoms with Gasteiger partial charge in [0.15, 0.2) is 0 Å². The lowest BCUT2D eigenvalue weighted by Gasteiger charge is -2.05. The zero-order valence-corrected chi connectivity index (χ0v) is 10.2. The van der Waals surface area contributed by atoms with Crippen molar-refractivity contribution in [1.82, 2.24) is 4.98 Å². The number of anilines is 2.